The molecule has 0 radical (unpaired) electrons. The van der Waals surface area contributed by atoms with Gasteiger partial charge in [0.1, 0.15) is 5.82 Å². The summed E-state index contributed by atoms with van der Waals surface area (Å²) in [5, 5.41) is 22.4. The lowest BCUT2D eigenvalue weighted by Gasteiger charge is -2.21. The van der Waals surface area contributed by atoms with Crippen LogP contribution in [0.15, 0.2) is 30.5 Å². The predicted molar refractivity (Wildman–Crippen MR) is 122 cm³/mol. The molecule has 32 heavy (non-hydrogen) atoms. The van der Waals surface area contributed by atoms with Crippen molar-refractivity contribution < 1.29 is 9.53 Å². The highest BCUT2D eigenvalue weighted by Gasteiger charge is 2.59. The Morgan fingerprint density at radius 1 is 1.22 bits per heavy atom. The topological polar surface area (TPSA) is 153 Å². The third-order valence-electron chi connectivity index (χ3n) is 5.98. The lowest BCUT2D eigenvalue weighted by molar-refractivity contribution is -0.122. The number of nitrogens with zero attached hydrogens (tertiary/aromatic N) is 3. The van der Waals surface area contributed by atoms with Gasteiger partial charge < -0.3 is 26.0 Å². The van der Waals surface area contributed by atoms with Gasteiger partial charge in [-0.25, -0.2) is 9.97 Å². The van der Waals surface area contributed by atoms with E-state index in [-0.39, 0.29) is 35.1 Å². The van der Waals surface area contributed by atoms with Crippen LogP contribution in [-0.2, 0) is 16.1 Å². The molecule has 2 aromatic rings. The van der Waals surface area contributed by atoms with Gasteiger partial charge in [0.05, 0.1) is 6.20 Å². The maximum absolute atomic E-state index is 12.1. The highest BCUT2D eigenvalue weighted by atomic mass is 16.5. The molecule has 1 aliphatic heterocycles. The molecule has 0 bridgehead atoms. The molecule has 10 nitrogen and oxygen atoms in total. The van der Waals surface area contributed by atoms with Crippen molar-refractivity contribution in [3.63, 3.8) is 0 Å². The number of nitrogen functional groups attached to an aromatic ring is 1. The van der Waals surface area contributed by atoms with Crippen molar-refractivity contribution in [3.05, 3.63) is 47.3 Å². The first-order valence-corrected chi connectivity index (χ1v) is 10.7. The molecule has 1 saturated heterocycles. The molecule has 4 rings (SSSR count). The Labute approximate surface area is 186 Å². The number of amides is 1. The number of nitrogens with two attached hydrogens (primary N) is 1. The number of hydrogen-bond donors (Lipinski definition) is 5. The summed E-state index contributed by atoms with van der Waals surface area (Å²) in [5.74, 6) is 1.01. The Bertz CT molecular complexity index is 1030. The Morgan fingerprint density at radius 2 is 1.91 bits per heavy atom. The fourth-order valence-electron chi connectivity index (χ4n) is 4.29. The van der Waals surface area contributed by atoms with Crippen LogP contribution in [0.3, 0.4) is 0 Å². The van der Waals surface area contributed by atoms with Gasteiger partial charge in [-0.2, -0.15) is 0 Å². The van der Waals surface area contributed by atoms with Crippen molar-refractivity contribution in [2.45, 2.75) is 13.5 Å². The van der Waals surface area contributed by atoms with E-state index in [0.29, 0.717) is 42.9 Å². The molecule has 1 saturated carbocycles. The summed E-state index contributed by atoms with van der Waals surface area (Å²) in [7, 11) is 1.87. The van der Waals surface area contributed by atoms with E-state index in [9.17, 15) is 4.79 Å². The largest absolute Gasteiger partial charge is 0.419 e. The zero-order chi connectivity index (χ0) is 22.8. The fourth-order valence-corrected chi connectivity index (χ4v) is 4.29. The number of aromatic nitrogens is 2. The molecule has 168 valence electrons. The standard InChI is InChI=1S/C22H28N8O2/c1-3-27-22(31)17-14-10-30(11-15(14)17)16-9-28-19(23)18(29-16)21(25)32-20(24)13-6-4-12(5-7-13)8-26-2/h4-7,9,14-15,17,24-26H,3,8,10-11H2,1-2H3,(H2,23,28)(H,27,31)/t14-,15?,17?/m0/s1. The van der Waals surface area contributed by atoms with E-state index in [2.05, 4.69) is 25.5 Å². The molecule has 6 N–H and O–H groups in total. The van der Waals surface area contributed by atoms with E-state index in [1.54, 1.807) is 18.3 Å². The summed E-state index contributed by atoms with van der Waals surface area (Å²) in [6.45, 7) is 4.72. The molecular weight excluding hydrogens is 408 g/mol. The lowest BCUT2D eigenvalue weighted by atomic mass is 10.1. The number of piperidine rings is 1. The van der Waals surface area contributed by atoms with Gasteiger partial charge in [-0.1, -0.05) is 12.1 Å². The normalized spacial score (nSPS) is 21.1. The SMILES string of the molecule is CCNC(=O)C1C2CN(c3cnc(N)c(C(=N)OC(=N)c4ccc(CNC)cc4)n3)C[C@@H]21. The Hall–Kier alpha value is -3.53. The molecule has 1 aliphatic carbocycles. The molecule has 3 atom stereocenters. The van der Waals surface area contributed by atoms with Gasteiger partial charge in [-0.3, -0.25) is 15.6 Å². The highest BCUT2D eigenvalue weighted by molar-refractivity contribution is 6.05. The second kappa shape index (κ2) is 8.91. The van der Waals surface area contributed by atoms with Crippen LogP contribution < -0.4 is 21.3 Å². The molecule has 0 spiro atoms. The number of fused-ring (bicyclic) bond motifs is 1. The molecule has 10 heteroatoms. The zero-order valence-corrected chi connectivity index (χ0v) is 18.2. The summed E-state index contributed by atoms with van der Waals surface area (Å²) in [4.78, 5) is 22.8. The van der Waals surface area contributed by atoms with Gasteiger partial charge in [0.15, 0.2) is 11.5 Å². The van der Waals surface area contributed by atoms with E-state index in [1.807, 2.05) is 26.1 Å². The van der Waals surface area contributed by atoms with Gasteiger partial charge in [-0.15, -0.1) is 0 Å². The third kappa shape index (κ3) is 4.26. The van der Waals surface area contributed by atoms with E-state index in [4.69, 9.17) is 21.3 Å². The number of nitrogens with one attached hydrogen (secondary N) is 4. The Balaban J connectivity index is 1.40. The van der Waals surface area contributed by atoms with Crippen molar-refractivity contribution in [3.8, 4) is 0 Å². The quantitative estimate of drug-likeness (QED) is 0.320. The number of anilines is 2. The van der Waals surface area contributed by atoms with Crippen LogP contribution in [-0.4, -0.2) is 54.4 Å². The number of rotatable bonds is 7. The fraction of sp³-hybridized carbons (Fsp3) is 0.409. The van der Waals surface area contributed by atoms with Crippen molar-refractivity contribution >= 4 is 29.3 Å². The smallest absolute Gasteiger partial charge is 0.243 e. The molecular formula is C22H28N8O2. The van der Waals surface area contributed by atoms with Crippen LogP contribution in [0.5, 0.6) is 0 Å². The predicted octanol–water partition coefficient (Wildman–Crippen LogP) is 0.964. The maximum Gasteiger partial charge on any atom is 0.243 e. The van der Waals surface area contributed by atoms with E-state index < -0.39 is 0 Å². The van der Waals surface area contributed by atoms with Crippen molar-refractivity contribution in [1.29, 1.82) is 10.8 Å². The molecule has 2 heterocycles. The van der Waals surface area contributed by atoms with Gasteiger partial charge >= 0.3 is 0 Å². The molecule has 2 unspecified atom stereocenters. The second-order valence-electron chi connectivity index (χ2n) is 8.10. The van der Waals surface area contributed by atoms with Crippen LogP contribution in [0.1, 0.15) is 23.7 Å². The first-order valence-electron chi connectivity index (χ1n) is 10.7. The summed E-state index contributed by atoms with van der Waals surface area (Å²) in [6.07, 6.45) is 1.57. The zero-order valence-electron chi connectivity index (χ0n) is 18.2. The van der Waals surface area contributed by atoms with Gasteiger partial charge in [0, 0.05) is 37.7 Å². The van der Waals surface area contributed by atoms with E-state index in [0.717, 1.165) is 12.1 Å². The Morgan fingerprint density at radius 3 is 2.53 bits per heavy atom. The van der Waals surface area contributed by atoms with Crippen LogP contribution in [0.25, 0.3) is 0 Å². The first-order chi connectivity index (χ1) is 15.4. The molecule has 1 amide bonds. The van der Waals surface area contributed by atoms with Crippen LogP contribution >= 0.6 is 0 Å². The lowest BCUT2D eigenvalue weighted by Crippen LogP contribution is -2.32. The second-order valence-corrected chi connectivity index (χ2v) is 8.10. The van der Waals surface area contributed by atoms with Crippen LogP contribution in [0.2, 0.25) is 0 Å². The number of carbonyl (C=O) groups is 1. The molecule has 2 aliphatic rings. The number of carbonyl (C=O) groups excluding carboxylic acids is 1. The van der Waals surface area contributed by atoms with Gasteiger partial charge in [-0.05, 0) is 43.5 Å². The highest BCUT2D eigenvalue weighted by Crippen LogP contribution is 2.52. The minimum Gasteiger partial charge on any atom is -0.419 e. The van der Waals surface area contributed by atoms with E-state index in [1.165, 1.54) is 0 Å². The summed E-state index contributed by atoms with van der Waals surface area (Å²) in [6, 6.07) is 7.34. The third-order valence-corrected chi connectivity index (χ3v) is 5.98. The van der Waals surface area contributed by atoms with Crippen molar-refractivity contribution in [2.75, 3.05) is 37.3 Å². The average Bonchev–Trinajstić information content (AvgIpc) is 3.28. The monoisotopic (exact) mass is 436 g/mol. The minimum atomic E-state index is -0.328. The molecule has 2 fully saturated rings. The van der Waals surface area contributed by atoms with E-state index >= 15 is 0 Å². The summed E-state index contributed by atoms with van der Waals surface area (Å²) < 4.78 is 5.42. The number of benzene rings is 1. The van der Waals surface area contributed by atoms with Crippen LogP contribution in [0.4, 0.5) is 11.6 Å². The Kier molecular flexibility index (Phi) is 6.04. The molecule has 1 aromatic carbocycles. The minimum absolute atomic E-state index is 0.0699. The summed E-state index contributed by atoms with van der Waals surface area (Å²) >= 11 is 0. The number of ether oxygens (including phenoxy) is 1. The average molecular weight is 437 g/mol. The summed E-state index contributed by atoms with van der Waals surface area (Å²) in [5.41, 5.74) is 7.67. The first kappa shape index (κ1) is 21.7. The van der Waals surface area contributed by atoms with Gasteiger partial charge in [0.2, 0.25) is 17.7 Å². The van der Waals surface area contributed by atoms with Crippen LogP contribution in [0, 0.1) is 28.6 Å². The number of hydrogen-bond acceptors (Lipinski definition) is 9. The maximum atomic E-state index is 12.1. The van der Waals surface area contributed by atoms with Crippen molar-refractivity contribution in [2.24, 2.45) is 17.8 Å². The van der Waals surface area contributed by atoms with Gasteiger partial charge in [0.25, 0.3) is 0 Å². The molecule has 1 aromatic heterocycles. The van der Waals surface area contributed by atoms with Crippen molar-refractivity contribution in [1.82, 2.24) is 20.6 Å².